The van der Waals surface area contributed by atoms with Crippen molar-refractivity contribution in [1.29, 1.82) is 0 Å². The SMILES string of the molecule is COc1ccc(C(NN)c2cncc3ccccc23)nn1. The maximum Gasteiger partial charge on any atom is 0.233 e. The molecule has 3 rings (SSSR count). The van der Waals surface area contributed by atoms with Gasteiger partial charge in [0.25, 0.3) is 0 Å². The zero-order valence-corrected chi connectivity index (χ0v) is 11.5. The van der Waals surface area contributed by atoms with Crippen LogP contribution in [0.5, 0.6) is 5.88 Å². The number of pyridine rings is 1. The quantitative estimate of drug-likeness (QED) is 0.558. The molecule has 1 atom stereocenters. The molecule has 0 aliphatic carbocycles. The lowest BCUT2D eigenvalue weighted by Crippen LogP contribution is -2.30. The molecule has 0 saturated carbocycles. The average Bonchev–Trinajstić information content (AvgIpc) is 2.56. The molecule has 1 aromatic carbocycles. The summed E-state index contributed by atoms with van der Waals surface area (Å²) in [5.74, 6) is 6.19. The fourth-order valence-corrected chi connectivity index (χ4v) is 2.30. The summed E-state index contributed by atoms with van der Waals surface area (Å²) >= 11 is 0. The largest absolute Gasteiger partial charge is 0.480 e. The maximum absolute atomic E-state index is 5.72. The summed E-state index contributed by atoms with van der Waals surface area (Å²) in [5, 5.41) is 10.3. The van der Waals surface area contributed by atoms with Crippen molar-refractivity contribution in [3.63, 3.8) is 0 Å². The van der Waals surface area contributed by atoms with Crippen LogP contribution in [0.1, 0.15) is 17.3 Å². The van der Waals surface area contributed by atoms with E-state index in [9.17, 15) is 0 Å². The fourth-order valence-electron chi connectivity index (χ4n) is 2.30. The van der Waals surface area contributed by atoms with Crippen LogP contribution in [-0.4, -0.2) is 22.3 Å². The molecule has 2 heterocycles. The van der Waals surface area contributed by atoms with Crippen molar-refractivity contribution in [2.45, 2.75) is 6.04 Å². The number of hydrazine groups is 1. The zero-order valence-electron chi connectivity index (χ0n) is 11.5. The monoisotopic (exact) mass is 281 g/mol. The van der Waals surface area contributed by atoms with Crippen molar-refractivity contribution in [1.82, 2.24) is 20.6 Å². The van der Waals surface area contributed by atoms with Gasteiger partial charge in [-0.3, -0.25) is 10.8 Å². The van der Waals surface area contributed by atoms with Crippen LogP contribution < -0.4 is 16.0 Å². The van der Waals surface area contributed by atoms with E-state index < -0.39 is 0 Å². The number of methoxy groups -OCH3 is 1. The van der Waals surface area contributed by atoms with Crippen molar-refractivity contribution < 1.29 is 4.74 Å². The van der Waals surface area contributed by atoms with E-state index in [0.29, 0.717) is 11.6 Å². The van der Waals surface area contributed by atoms with Gasteiger partial charge in [0, 0.05) is 29.4 Å². The Kier molecular flexibility index (Phi) is 3.72. The van der Waals surface area contributed by atoms with Crippen LogP contribution in [0, 0.1) is 0 Å². The van der Waals surface area contributed by atoms with Gasteiger partial charge >= 0.3 is 0 Å². The van der Waals surface area contributed by atoms with Gasteiger partial charge in [0.1, 0.15) is 0 Å². The van der Waals surface area contributed by atoms with Gasteiger partial charge < -0.3 is 4.74 Å². The summed E-state index contributed by atoms with van der Waals surface area (Å²) in [7, 11) is 1.55. The Morgan fingerprint density at radius 3 is 2.67 bits per heavy atom. The number of hydrogen-bond acceptors (Lipinski definition) is 6. The van der Waals surface area contributed by atoms with Crippen LogP contribution in [-0.2, 0) is 0 Å². The van der Waals surface area contributed by atoms with Gasteiger partial charge in [-0.2, -0.15) is 0 Å². The number of ether oxygens (including phenoxy) is 1. The minimum absolute atomic E-state index is 0.290. The third-order valence-electron chi connectivity index (χ3n) is 3.34. The predicted octanol–water partition coefficient (Wildman–Crippen LogP) is 1.59. The summed E-state index contributed by atoms with van der Waals surface area (Å²) in [5.41, 5.74) is 4.44. The van der Waals surface area contributed by atoms with Crippen LogP contribution in [0.15, 0.2) is 48.8 Å². The summed E-state index contributed by atoms with van der Waals surface area (Å²) in [4.78, 5) is 4.27. The number of aromatic nitrogens is 3. The van der Waals surface area contributed by atoms with Crippen LogP contribution in [0.4, 0.5) is 0 Å². The third kappa shape index (κ3) is 2.54. The summed E-state index contributed by atoms with van der Waals surface area (Å²) in [6, 6.07) is 11.3. The number of benzene rings is 1. The lowest BCUT2D eigenvalue weighted by molar-refractivity contribution is 0.390. The highest BCUT2D eigenvalue weighted by atomic mass is 16.5. The molecule has 6 heteroatoms. The highest BCUT2D eigenvalue weighted by molar-refractivity contribution is 5.85. The maximum atomic E-state index is 5.72. The van der Waals surface area contributed by atoms with Crippen LogP contribution in [0.25, 0.3) is 10.8 Å². The first-order chi connectivity index (χ1) is 10.3. The Bertz CT molecular complexity index is 739. The molecule has 0 saturated heterocycles. The van der Waals surface area contributed by atoms with Gasteiger partial charge in [-0.25, -0.2) is 5.43 Å². The number of rotatable bonds is 4. The second kappa shape index (κ2) is 5.82. The van der Waals surface area contributed by atoms with Crippen molar-refractivity contribution >= 4 is 10.8 Å². The second-order valence-corrected chi connectivity index (χ2v) is 4.55. The van der Waals surface area contributed by atoms with Crippen LogP contribution in [0.3, 0.4) is 0 Å². The topological polar surface area (TPSA) is 86.0 Å². The first-order valence-corrected chi connectivity index (χ1v) is 6.50. The summed E-state index contributed by atoms with van der Waals surface area (Å²) in [6.07, 6.45) is 3.62. The molecule has 0 aliphatic rings. The van der Waals surface area contributed by atoms with Crippen molar-refractivity contribution in [2.75, 3.05) is 7.11 Å². The normalized spacial score (nSPS) is 12.3. The van der Waals surface area contributed by atoms with Gasteiger partial charge in [0.05, 0.1) is 18.8 Å². The minimum Gasteiger partial charge on any atom is -0.480 e. The van der Waals surface area contributed by atoms with Crippen molar-refractivity contribution in [3.05, 3.63) is 60.0 Å². The number of nitrogens with zero attached hydrogens (tertiary/aromatic N) is 3. The molecule has 0 amide bonds. The predicted molar refractivity (Wildman–Crippen MR) is 79.5 cm³/mol. The minimum atomic E-state index is -0.290. The van der Waals surface area contributed by atoms with Crippen LogP contribution in [0.2, 0.25) is 0 Å². The first kappa shape index (κ1) is 13.4. The molecule has 3 N–H and O–H groups in total. The molecule has 0 spiro atoms. The van der Waals surface area contributed by atoms with E-state index in [1.54, 1.807) is 19.4 Å². The molecule has 106 valence electrons. The van der Waals surface area contributed by atoms with Crippen molar-refractivity contribution in [2.24, 2.45) is 5.84 Å². The lowest BCUT2D eigenvalue weighted by atomic mass is 10.00. The Morgan fingerprint density at radius 2 is 1.95 bits per heavy atom. The van der Waals surface area contributed by atoms with E-state index in [-0.39, 0.29) is 6.04 Å². The van der Waals surface area contributed by atoms with E-state index in [0.717, 1.165) is 16.3 Å². The molecule has 3 aromatic rings. The van der Waals surface area contributed by atoms with E-state index in [1.165, 1.54) is 0 Å². The third-order valence-corrected chi connectivity index (χ3v) is 3.34. The Balaban J connectivity index is 2.09. The van der Waals surface area contributed by atoms with Crippen LogP contribution >= 0.6 is 0 Å². The first-order valence-electron chi connectivity index (χ1n) is 6.50. The Morgan fingerprint density at radius 1 is 1.10 bits per heavy atom. The molecular weight excluding hydrogens is 266 g/mol. The molecule has 0 fully saturated rings. The van der Waals surface area contributed by atoms with E-state index in [2.05, 4.69) is 20.6 Å². The number of nitrogens with two attached hydrogens (primary N) is 1. The summed E-state index contributed by atoms with van der Waals surface area (Å²) in [6.45, 7) is 0. The molecule has 0 bridgehead atoms. The number of nitrogens with one attached hydrogen (secondary N) is 1. The van der Waals surface area contributed by atoms with Gasteiger partial charge in [-0.1, -0.05) is 24.3 Å². The lowest BCUT2D eigenvalue weighted by Gasteiger charge is -2.17. The zero-order chi connectivity index (χ0) is 14.7. The van der Waals surface area contributed by atoms with E-state index >= 15 is 0 Å². The standard InChI is InChI=1S/C15H15N5O/c1-21-14-7-6-13(19-20-14)15(18-16)12-9-17-8-10-4-2-3-5-11(10)12/h2-9,15,18H,16H2,1H3. The number of fused-ring (bicyclic) bond motifs is 1. The Labute approximate surface area is 122 Å². The smallest absolute Gasteiger partial charge is 0.233 e. The molecular formula is C15H15N5O. The summed E-state index contributed by atoms with van der Waals surface area (Å²) < 4.78 is 5.02. The molecule has 2 aromatic heterocycles. The molecule has 0 aliphatic heterocycles. The number of hydrogen-bond donors (Lipinski definition) is 2. The highest BCUT2D eigenvalue weighted by Gasteiger charge is 2.17. The molecule has 21 heavy (non-hydrogen) atoms. The average molecular weight is 281 g/mol. The van der Waals surface area contributed by atoms with Gasteiger partial charge in [0.2, 0.25) is 5.88 Å². The molecule has 1 unspecified atom stereocenters. The molecule has 6 nitrogen and oxygen atoms in total. The van der Waals surface area contributed by atoms with Gasteiger partial charge in [-0.15, -0.1) is 10.2 Å². The van der Waals surface area contributed by atoms with Gasteiger partial charge in [0.15, 0.2) is 0 Å². The molecule has 0 radical (unpaired) electrons. The Hall–Kier alpha value is -2.57. The fraction of sp³-hybridized carbons (Fsp3) is 0.133. The van der Waals surface area contributed by atoms with E-state index in [1.807, 2.05) is 36.5 Å². The van der Waals surface area contributed by atoms with Crippen molar-refractivity contribution in [3.8, 4) is 5.88 Å². The second-order valence-electron chi connectivity index (χ2n) is 4.55. The van der Waals surface area contributed by atoms with E-state index in [4.69, 9.17) is 10.6 Å². The highest BCUT2D eigenvalue weighted by Crippen LogP contribution is 2.26. The van der Waals surface area contributed by atoms with Gasteiger partial charge in [-0.05, 0) is 11.5 Å².